The van der Waals surface area contributed by atoms with Crippen molar-refractivity contribution in [1.82, 2.24) is 14.8 Å². The molecule has 0 unspecified atom stereocenters. The molecule has 0 bridgehead atoms. The van der Waals surface area contributed by atoms with Crippen LogP contribution >= 0.6 is 15.9 Å². The fraction of sp³-hybridized carbons (Fsp3) is 0.0667. The predicted molar refractivity (Wildman–Crippen MR) is 80.4 cm³/mol. The number of aromatic nitrogens is 3. The molecule has 2 aromatic carbocycles. The molecule has 0 fully saturated rings. The molecular formula is C15H12BrN3O. The van der Waals surface area contributed by atoms with E-state index in [-0.39, 0.29) is 6.61 Å². The minimum Gasteiger partial charge on any atom is -0.388 e. The highest BCUT2D eigenvalue weighted by molar-refractivity contribution is 9.10. The van der Waals surface area contributed by atoms with Crippen LogP contribution in [0, 0.1) is 0 Å². The molecule has 0 radical (unpaired) electrons. The van der Waals surface area contributed by atoms with Gasteiger partial charge in [0, 0.05) is 15.7 Å². The van der Waals surface area contributed by atoms with Crippen LogP contribution < -0.4 is 0 Å². The first-order chi connectivity index (χ1) is 9.79. The van der Waals surface area contributed by atoms with Crippen molar-refractivity contribution in [3.63, 3.8) is 0 Å². The van der Waals surface area contributed by atoms with Crippen molar-refractivity contribution in [2.24, 2.45) is 0 Å². The molecule has 3 aromatic rings. The maximum Gasteiger partial charge on any atom is 0.168 e. The van der Waals surface area contributed by atoms with E-state index in [1.807, 2.05) is 59.2 Å². The zero-order valence-electron chi connectivity index (χ0n) is 10.6. The van der Waals surface area contributed by atoms with Crippen LogP contribution in [0.4, 0.5) is 0 Å². The third kappa shape index (κ3) is 2.37. The van der Waals surface area contributed by atoms with Gasteiger partial charge in [-0.2, -0.15) is 0 Å². The van der Waals surface area contributed by atoms with Gasteiger partial charge in [0.2, 0.25) is 0 Å². The van der Waals surface area contributed by atoms with Gasteiger partial charge >= 0.3 is 0 Å². The minimum atomic E-state index is -0.154. The normalized spacial score (nSPS) is 10.7. The molecule has 1 heterocycles. The lowest BCUT2D eigenvalue weighted by atomic mass is 10.2. The maximum absolute atomic E-state index is 9.45. The summed E-state index contributed by atoms with van der Waals surface area (Å²) in [6.45, 7) is -0.154. The van der Waals surface area contributed by atoms with E-state index >= 15 is 0 Å². The number of aliphatic hydroxyl groups excluding tert-OH is 1. The predicted octanol–water partition coefficient (Wildman–Crippen LogP) is 3.19. The van der Waals surface area contributed by atoms with Crippen molar-refractivity contribution in [1.29, 1.82) is 0 Å². The van der Waals surface area contributed by atoms with Gasteiger partial charge in [0.1, 0.15) is 6.61 Å². The van der Waals surface area contributed by atoms with E-state index < -0.39 is 0 Å². The van der Waals surface area contributed by atoms with Gasteiger partial charge < -0.3 is 5.11 Å². The number of hydrogen-bond donors (Lipinski definition) is 1. The fourth-order valence-electron chi connectivity index (χ4n) is 2.05. The van der Waals surface area contributed by atoms with Crippen molar-refractivity contribution in [2.45, 2.75) is 6.61 Å². The van der Waals surface area contributed by atoms with Gasteiger partial charge in [-0.25, -0.2) is 0 Å². The lowest BCUT2D eigenvalue weighted by Crippen LogP contribution is -2.02. The number of benzene rings is 2. The van der Waals surface area contributed by atoms with Crippen LogP contribution in [0.15, 0.2) is 59.1 Å². The molecule has 0 saturated heterocycles. The molecular weight excluding hydrogens is 318 g/mol. The highest BCUT2D eigenvalue weighted by Gasteiger charge is 2.14. The van der Waals surface area contributed by atoms with E-state index in [9.17, 15) is 5.11 Å². The number of hydrogen-bond acceptors (Lipinski definition) is 3. The second-order valence-electron chi connectivity index (χ2n) is 4.28. The Morgan fingerprint density at radius 2 is 1.65 bits per heavy atom. The summed E-state index contributed by atoms with van der Waals surface area (Å²) in [6, 6.07) is 17.6. The summed E-state index contributed by atoms with van der Waals surface area (Å²) in [6.07, 6.45) is 0. The molecule has 100 valence electrons. The average Bonchev–Trinajstić information content (AvgIpc) is 2.93. The molecule has 1 N–H and O–H groups in total. The second kappa shape index (κ2) is 5.56. The first-order valence-electron chi connectivity index (χ1n) is 6.16. The minimum absolute atomic E-state index is 0.154. The molecule has 3 rings (SSSR count). The summed E-state index contributed by atoms with van der Waals surface area (Å²) in [5.74, 6) is 1.24. The number of rotatable bonds is 3. The third-order valence-corrected chi connectivity index (χ3v) is 3.52. The second-order valence-corrected chi connectivity index (χ2v) is 5.19. The Balaban J connectivity index is 2.17. The molecule has 0 amide bonds. The van der Waals surface area contributed by atoms with Crippen LogP contribution in [0.5, 0.6) is 0 Å². The molecule has 0 aliphatic rings. The number of para-hydroxylation sites is 1. The lowest BCUT2D eigenvalue weighted by Gasteiger charge is -2.09. The summed E-state index contributed by atoms with van der Waals surface area (Å²) in [5, 5.41) is 17.7. The van der Waals surface area contributed by atoms with Crippen molar-refractivity contribution < 1.29 is 5.11 Å². The molecule has 0 spiro atoms. The summed E-state index contributed by atoms with van der Waals surface area (Å²) < 4.78 is 2.87. The zero-order valence-corrected chi connectivity index (χ0v) is 12.2. The quantitative estimate of drug-likeness (QED) is 0.802. The van der Waals surface area contributed by atoms with Crippen LogP contribution in [-0.4, -0.2) is 19.9 Å². The molecule has 0 atom stereocenters. The van der Waals surface area contributed by atoms with E-state index in [4.69, 9.17) is 0 Å². The molecule has 4 nitrogen and oxygen atoms in total. The number of nitrogens with zero attached hydrogens (tertiary/aromatic N) is 3. The summed E-state index contributed by atoms with van der Waals surface area (Å²) in [5.41, 5.74) is 1.88. The number of halogens is 1. The van der Waals surface area contributed by atoms with Gasteiger partial charge in [-0.15, -0.1) is 10.2 Å². The van der Waals surface area contributed by atoms with Gasteiger partial charge in [-0.05, 0) is 24.3 Å². The van der Waals surface area contributed by atoms with Crippen LogP contribution in [0.25, 0.3) is 17.1 Å². The van der Waals surface area contributed by atoms with Crippen molar-refractivity contribution in [2.75, 3.05) is 0 Å². The average molecular weight is 330 g/mol. The maximum atomic E-state index is 9.45. The molecule has 0 aliphatic heterocycles. The summed E-state index contributed by atoms with van der Waals surface area (Å²) >= 11 is 3.42. The Morgan fingerprint density at radius 3 is 2.30 bits per heavy atom. The van der Waals surface area contributed by atoms with Gasteiger partial charge in [0.25, 0.3) is 0 Å². The monoisotopic (exact) mass is 329 g/mol. The highest BCUT2D eigenvalue weighted by Crippen LogP contribution is 2.24. The first kappa shape index (κ1) is 13.0. The summed E-state index contributed by atoms with van der Waals surface area (Å²) in [4.78, 5) is 0. The Bertz CT molecular complexity index is 708. The topological polar surface area (TPSA) is 50.9 Å². The van der Waals surface area contributed by atoms with Gasteiger partial charge in [-0.1, -0.05) is 46.3 Å². The molecule has 0 aliphatic carbocycles. The van der Waals surface area contributed by atoms with Crippen molar-refractivity contribution >= 4 is 15.9 Å². The van der Waals surface area contributed by atoms with Crippen LogP contribution in [0.2, 0.25) is 0 Å². The Morgan fingerprint density at radius 1 is 0.950 bits per heavy atom. The fourth-order valence-corrected chi connectivity index (χ4v) is 2.32. The van der Waals surface area contributed by atoms with E-state index in [2.05, 4.69) is 26.1 Å². The third-order valence-electron chi connectivity index (χ3n) is 2.99. The molecule has 0 saturated carbocycles. The smallest absolute Gasteiger partial charge is 0.168 e. The molecule has 5 heteroatoms. The van der Waals surface area contributed by atoms with Crippen molar-refractivity contribution in [3.8, 4) is 17.1 Å². The van der Waals surface area contributed by atoms with Gasteiger partial charge in [0.05, 0.1) is 0 Å². The highest BCUT2D eigenvalue weighted by atomic mass is 79.9. The standard InChI is InChI=1S/C15H12BrN3O/c16-12-8-6-11(7-9-12)15-18-17-14(10-20)19(15)13-4-2-1-3-5-13/h1-9,20H,10H2. The SMILES string of the molecule is OCc1nnc(-c2ccc(Br)cc2)n1-c1ccccc1. The lowest BCUT2D eigenvalue weighted by molar-refractivity contribution is 0.269. The Hall–Kier alpha value is -1.98. The first-order valence-corrected chi connectivity index (χ1v) is 6.95. The van der Waals surface area contributed by atoms with E-state index in [1.54, 1.807) is 0 Å². The Labute approximate surface area is 124 Å². The van der Waals surface area contributed by atoms with Crippen LogP contribution in [0.3, 0.4) is 0 Å². The van der Waals surface area contributed by atoms with Crippen LogP contribution in [-0.2, 0) is 6.61 Å². The molecule has 20 heavy (non-hydrogen) atoms. The van der Waals surface area contributed by atoms with Crippen LogP contribution in [0.1, 0.15) is 5.82 Å². The van der Waals surface area contributed by atoms with E-state index in [0.717, 1.165) is 15.7 Å². The number of aliphatic hydroxyl groups is 1. The zero-order chi connectivity index (χ0) is 13.9. The molecule has 1 aromatic heterocycles. The van der Waals surface area contributed by atoms with Crippen molar-refractivity contribution in [3.05, 3.63) is 64.9 Å². The van der Waals surface area contributed by atoms with Gasteiger partial charge in [0.15, 0.2) is 11.6 Å². The van der Waals surface area contributed by atoms with E-state index in [0.29, 0.717) is 11.6 Å². The Kier molecular flexibility index (Phi) is 3.62. The van der Waals surface area contributed by atoms with Gasteiger partial charge in [-0.3, -0.25) is 4.57 Å². The summed E-state index contributed by atoms with van der Waals surface area (Å²) in [7, 11) is 0. The van der Waals surface area contributed by atoms with E-state index in [1.165, 1.54) is 0 Å². The largest absolute Gasteiger partial charge is 0.388 e.